The number of nitrogens with zero attached hydrogens (tertiary/aromatic N) is 2. The molecule has 0 unspecified atom stereocenters. The van der Waals surface area contributed by atoms with Crippen molar-refractivity contribution in [2.75, 3.05) is 12.4 Å². The molecular weight excluding hydrogens is 407 g/mol. The standard InChI is InChI=1S/C20H17ClF3N3O2/c1-3-12-7-15(23)18(29-2)8-17(12)25-20-26-19(28)16(24)10-27(20)9-11-4-5-14(22)13(21)6-11/h4-8,10H,3,9H2,1-2H3,(H,25,26,28). The fourth-order valence-corrected chi connectivity index (χ4v) is 3.01. The van der Waals surface area contributed by atoms with Gasteiger partial charge in [-0.3, -0.25) is 4.79 Å². The number of halogens is 4. The molecule has 2 aromatic carbocycles. The first-order valence-corrected chi connectivity index (χ1v) is 9.04. The highest BCUT2D eigenvalue weighted by Gasteiger charge is 2.14. The minimum atomic E-state index is -1.05. The molecule has 0 spiro atoms. The van der Waals surface area contributed by atoms with Crippen LogP contribution in [0.25, 0.3) is 0 Å². The first kappa shape index (κ1) is 20.7. The van der Waals surface area contributed by atoms with E-state index in [1.165, 1.54) is 42.0 Å². The molecule has 0 amide bonds. The zero-order chi connectivity index (χ0) is 21.1. The molecule has 3 rings (SSSR count). The normalized spacial score (nSPS) is 10.8. The van der Waals surface area contributed by atoms with Gasteiger partial charge < -0.3 is 14.6 Å². The van der Waals surface area contributed by atoms with Crippen LogP contribution in [-0.4, -0.2) is 16.7 Å². The maximum atomic E-state index is 14.0. The summed E-state index contributed by atoms with van der Waals surface area (Å²) in [5, 5.41) is 2.86. The highest BCUT2D eigenvalue weighted by atomic mass is 35.5. The van der Waals surface area contributed by atoms with E-state index >= 15 is 0 Å². The molecule has 5 nitrogen and oxygen atoms in total. The lowest BCUT2D eigenvalue weighted by molar-refractivity contribution is 0.386. The van der Waals surface area contributed by atoms with Gasteiger partial charge in [-0.1, -0.05) is 24.6 Å². The molecule has 0 aliphatic rings. The zero-order valence-corrected chi connectivity index (χ0v) is 16.4. The molecule has 0 aliphatic heterocycles. The minimum absolute atomic E-state index is 0.00558. The number of ether oxygens (including phenoxy) is 1. The molecule has 3 aromatic rings. The molecule has 0 atom stereocenters. The third-order valence-corrected chi connectivity index (χ3v) is 4.58. The van der Waals surface area contributed by atoms with Crippen LogP contribution in [0, 0.1) is 17.5 Å². The van der Waals surface area contributed by atoms with Crippen molar-refractivity contribution in [3.05, 3.63) is 80.5 Å². The van der Waals surface area contributed by atoms with E-state index in [0.29, 0.717) is 23.2 Å². The van der Waals surface area contributed by atoms with Crippen LogP contribution in [0.5, 0.6) is 5.75 Å². The second kappa shape index (κ2) is 8.57. The van der Waals surface area contributed by atoms with Crippen LogP contribution in [0.15, 0.2) is 41.3 Å². The monoisotopic (exact) mass is 423 g/mol. The summed E-state index contributed by atoms with van der Waals surface area (Å²) in [7, 11) is 1.33. The van der Waals surface area contributed by atoms with Gasteiger partial charge in [-0.15, -0.1) is 0 Å². The van der Waals surface area contributed by atoms with E-state index in [2.05, 4.69) is 10.3 Å². The summed E-state index contributed by atoms with van der Waals surface area (Å²) in [6.07, 6.45) is 1.48. The van der Waals surface area contributed by atoms with Crippen LogP contribution in [0.3, 0.4) is 0 Å². The van der Waals surface area contributed by atoms with E-state index in [0.717, 1.165) is 6.20 Å². The molecule has 29 heavy (non-hydrogen) atoms. The van der Waals surface area contributed by atoms with Crippen molar-refractivity contribution in [2.24, 2.45) is 0 Å². The number of nitrogens with one attached hydrogen (secondary N) is 1. The maximum Gasteiger partial charge on any atom is 0.310 e. The van der Waals surface area contributed by atoms with Crippen LogP contribution in [0.4, 0.5) is 24.8 Å². The molecule has 0 fully saturated rings. The van der Waals surface area contributed by atoms with Gasteiger partial charge in [0.1, 0.15) is 5.82 Å². The van der Waals surface area contributed by atoms with Crippen molar-refractivity contribution < 1.29 is 17.9 Å². The number of rotatable bonds is 6. The minimum Gasteiger partial charge on any atom is -0.494 e. The van der Waals surface area contributed by atoms with Crippen molar-refractivity contribution in [2.45, 2.75) is 19.9 Å². The largest absolute Gasteiger partial charge is 0.494 e. The number of anilines is 2. The molecule has 0 saturated heterocycles. The molecule has 0 bridgehead atoms. The highest BCUT2D eigenvalue weighted by Crippen LogP contribution is 2.29. The van der Waals surface area contributed by atoms with Gasteiger partial charge in [-0.25, -0.2) is 8.78 Å². The van der Waals surface area contributed by atoms with E-state index in [-0.39, 0.29) is 23.3 Å². The molecular formula is C20H17ClF3N3O2. The summed E-state index contributed by atoms with van der Waals surface area (Å²) in [5.41, 5.74) is 0.582. The fraction of sp³-hybridized carbons (Fsp3) is 0.200. The number of aryl methyl sites for hydroxylation is 1. The number of benzene rings is 2. The zero-order valence-electron chi connectivity index (χ0n) is 15.6. The number of hydrogen-bond acceptors (Lipinski definition) is 4. The van der Waals surface area contributed by atoms with Crippen molar-refractivity contribution >= 4 is 23.2 Å². The average molecular weight is 424 g/mol. The van der Waals surface area contributed by atoms with Crippen LogP contribution >= 0.6 is 11.6 Å². The number of aromatic nitrogens is 2. The van der Waals surface area contributed by atoms with E-state index in [1.807, 2.05) is 6.92 Å². The van der Waals surface area contributed by atoms with Crippen LogP contribution in [0.1, 0.15) is 18.1 Å². The Morgan fingerprint density at radius 2 is 1.90 bits per heavy atom. The third kappa shape index (κ3) is 4.54. The Labute approximate surface area is 169 Å². The fourth-order valence-electron chi connectivity index (χ4n) is 2.80. The second-order valence-corrected chi connectivity index (χ2v) is 6.62. The molecule has 1 N–H and O–H groups in total. The second-order valence-electron chi connectivity index (χ2n) is 6.22. The quantitative estimate of drug-likeness (QED) is 0.625. The predicted molar refractivity (Wildman–Crippen MR) is 105 cm³/mol. The van der Waals surface area contributed by atoms with E-state index in [1.54, 1.807) is 0 Å². The van der Waals surface area contributed by atoms with Gasteiger partial charge in [0.25, 0.3) is 0 Å². The van der Waals surface area contributed by atoms with Crippen LogP contribution < -0.4 is 15.6 Å². The summed E-state index contributed by atoms with van der Waals surface area (Å²) in [5.74, 6) is -2.12. The lowest BCUT2D eigenvalue weighted by atomic mass is 10.1. The summed E-state index contributed by atoms with van der Waals surface area (Å²) in [6.45, 7) is 1.89. The average Bonchev–Trinajstić information content (AvgIpc) is 2.69. The Balaban J connectivity index is 2.04. The summed E-state index contributed by atoms with van der Waals surface area (Å²) in [6, 6.07) is 6.82. The number of hydrogen-bond donors (Lipinski definition) is 1. The highest BCUT2D eigenvalue weighted by molar-refractivity contribution is 6.30. The van der Waals surface area contributed by atoms with Crippen LogP contribution in [0.2, 0.25) is 5.02 Å². The van der Waals surface area contributed by atoms with Gasteiger partial charge in [0.2, 0.25) is 11.8 Å². The molecule has 9 heteroatoms. The maximum absolute atomic E-state index is 14.0. The molecule has 0 aliphatic carbocycles. The molecule has 0 radical (unpaired) electrons. The molecule has 1 heterocycles. The van der Waals surface area contributed by atoms with Crippen LogP contribution in [-0.2, 0) is 13.0 Å². The Kier molecular flexibility index (Phi) is 6.12. The van der Waals surface area contributed by atoms with E-state index < -0.39 is 23.0 Å². The lowest BCUT2D eigenvalue weighted by Crippen LogP contribution is -2.20. The van der Waals surface area contributed by atoms with E-state index in [9.17, 15) is 18.0 Å². The first-order valence-electron chi connectivity index (χ1n) is 8.66. The molecule has 152 valence electrons. The Morgan fingerprint density at radius 1 is 1.14 bits per heavy atom. The lowest BCUT2D eigenvalue weighted by Gasteiger charge is -2.17. The third-order valence-electron chi connectivity index (χ3n) is 4.29. The van der Waals surface area contributed by atoms with Crippen molar-refractivity contribution in [3.8, 4) is 5.75 Å². The Hall–Kier alpha value is -3.00. The number of methoxy groups -OCH3 is 1. The molecule has 0 saturated carbocycles. The van der Waals surface area contributed by atoms with Gasteiger partial charge >= 0.3 is 5.56 Å². The van der Waals surface area contributed by atoms with E-state index in [4.69, 9.17) is 16.3 Å². The van der Waals surface area contributed by atoms with Gasteiger partial charge in [-0.2, -0.15) is 9.37 Å². The topological polar surface area (TPSA) is 56.1 Å². The summed E-state index contributed by atoms with van der Waals surface area (Å²) >= 11 is 5.80. The van der Waals surface area contributed by atoms with Gasteiger partial charge in [-0.05, 0) is 35.7 Å². The van der Waals surface area contributed by atoms with Gasteiger partial charge in [0.05, 0.1) is 18.7 Å². The summed E-state index contributed by atoms with van der Waals surface area (Å²) < 4.78 is 47.6. The van der Waals surface area contributed by atoms with Crippen molar-refractivity contribution in [1.82, 2.24) is 9.55 Å². The van der Waals surface area contributed by atoms with Gasteiger partial charge in [0, 0.05) is 18.0 Å². The van der Waals surface area contributed by atoms with Crippen molar-refractivity contribution in [3.63, 3.8) is 0 Å². The molecule has 1 aromatic heterocycles. The SMILES string of the molecule is CCc1cc(F)c(OC)cc1Nc1nc(=O)c(F)cn1Cc1ccc(F)c(Cl)c1. The van der Waals surface area contributed by atoms with Crippen molar-refractivity contribution in [1.29, 1.82) is 0 Å². The Bertz CT molecular complexity index is 1120. The Morgan fingerprint density at radius 3 is 2.55 bits per heavy atom. The predicted octanol–water partition coefficient (Wildman–Crippen LogP) is 4.68. The first-order chi connectivity index (χ1) is 13.8. The summed E-state index contributed by atoms with van der Waals surface area (Å²) in [4.78, 5) is 15.5. The smallest absolute Gasteiger partial charge is 0.310 e. The van der Waals surface area contributed by atoms with Gasteiger partial charge in [0.15, 0.2) is 11.6 Å².